The molecule has 0 aromatic heterocycles. The number of aryl methyl sites for hydroxylation is 1. The minimum absolute atomic E-state index is 0.145. The number of phenols is 1. The van der Waals surface area contributed by atoms with E-state index in [1.807, 2.05) is 0 Å². The van der Waals surface area contributed by atoms with Gasteiger partial charge in [0.15, 0.2) is 5.75 Å². The zero-order chi connectivity index (χ0) is 11.3. The average Bonchev–Trinajstić information content (AvgIpc) is 2.17. The van der Waals surface area contributed by atoms with Crippen molar-refractivity contribution in [3.05, 3.63) is 33.9 Å². The van der Waals surface area contributed by atoms with Gasteiger partial charge < -0.3 is 5.11 Å². The SMILES string of the molecule is CCCCCc1cccc(O)c1[N+](=O)[O-]. The predicted octanol–water partition coefficient (Wildman–Crippen LogP) is 3.03. The van der Waals surface area contributed by atoms with Crippen LogP contribution in [0.2, 0.25) is 0 Å². The molecular weight excluding hydrogens is 194 g/mol. The van der Waals surface area contributed by atoms with Gasteiger partial charge >= 0.3 is 5.69 Å². The van der Waals surface area contributed by atoms with E-state index in [9.17, 15) is 15.2 Å². The molecular formula is C11H15NO3. The smallest absolute Gasteiger partial charge is 0.313 e. The van der Waals surface area contributed by atoms with Crippen LogP contribution in [-0.2, 0) is 6.42 Å². The molecule has 0 aliphatic rings. The number of benzene rings is 1. The molecule has 0 saturated carbocycles. The first kappa shape index (κ1) is 11.5. The molecule has 0 aliphatic heterocycles. The van der Waals surface area contributed by atoms with Crippen LogP contribution in [0.15, 0.2) is 18.2 Å². The summed E-state index contributed by atoms with van der Waals surface area (Å²) in [6, 6.07) is 4.69. The Bertz CT molecular complexity index is 350. The van der Waals surface area contributed by atoms with Crippen LogP contribution in [0.4, 0.5) is 5.69 Å². The fraction of sp³-hybridized carbons (Fsp3) is 0.455. The van der Waals surface area contributed by atoms with Gasteiger partial charge in [0, 0.05) is 5.56 Å². The Hall–Kier alpha value is -1.58. The number of nitro benzene ring substituents is 1. The largest absolute Gasteiger partial charge is 0.502 e. The zero-order valence-corrected chi connectivity index (χ0v) is 8.77. The van der Waals surface area contributed by atoms with E-state index in [-0.39, 0.29) is 11.4 Å². The minimum Gasteiger partial charge on any atom is -0.502 e. The first-order chi connectivity index (χ1) is 7.16. The van der Waals surface area contributed by atoms with Crippen LogP contribution >= 0.6 is 0 Å². The molecule has 4 heteroatoms. The highest BCUT2D eigenvalue weighted by molar-refractivity contribution is 5.51. The molecule has 0 amide bonds. The van der Waals surface area contributed by atoms with Crippen molar-refractivity contribution in [1.29, 1.82) is 0 Å². The summed E-state index contributed by atoms with van der Waals surface area (Å²) in [5.74, 6) is -0.242. The molecule has 1 rings (SSSR count). The lowest BCUT2D eigenvalue weighted by Crippen LogP contribution is -1.96. The number of para-hydroxylation sites is 1. The maximum atomic E-state index is 10.7. The summed E-state index contributed by atoms with van der Waals surface area (Å²) < 4.78 is 0. The van der Waals surface area contributed by atoms with Gasteiger partial charge in [0.25, 0.3) is 0 Å². The van der Waals surface area contributed by atoms with E-state index in [1.165, 1.54) is 6.07 Å². The van der Waals surface area contributed by atoms with Crippen LogP contribution in [0.3, 0.4) is 0 Å². The molecule has 0 atom stereocenters. The van der Waals surface area contributed by atoms with E-state index >= 15 is 0 Å². The summed E-state index contributed by atoms with van der Waals surface area (Å²) in [5, 5.41) is 20.1. The standard InChI is InChI=1S/C11H15NO3/c1-2-3-4-6-9-7-5-8-10(13)11(9)12(14)15/h5,7-8,13H,2-4,6H2,1H3. The molecule has 1 aromatic rings. The normalized spacial score (nSPS) is 10.2. The number of aromatic hydroxyl groups is 1. The van der Waals surface area contributed by atoms with Gasteiger partial charge in [-0.05, 0) is 18.9 Å². The summed E-state index contributed by atoms with van der Waals surface area (Å²) in [6.45, 7) is 2.08. The summed E-state index contributed by atoms with van der Waals surface area (Å²) in [7, 11) is 0. The second-order valence-electron chi connectivity index (χ2n) is 3.50. The van der Waals surface area contributed by atoms with Crippen molar-refractivity contribution < 1.29 is 10.0 Å². The predicted molar refractivity (Wildman–Crippen MR) is 58.0 cm³/mol. The molecule has 1 N–H and O–H groups in total. The number of nitrogens with zero attached hydrogens (tertiary/aromatic N) is 1. The highest BCUT2D eigenvalue weighted by Crippen LogP contribution is 2.30. The molecule has 0 saturated heterocycles. The van der Waals surface area contributed by atoms with E-state index < -0.39 is 4.92 Å². The van der Waals surface area contributed by atoms with Gasteiger partial charge in [-0.2, -0.15) is 0 Å². The number of unbranched alkanes of at least 4 members (excludes halogenated alkanes) is 2. The number of phenolic OH excluding ortho intramolecular Hbond substituents is 1. The summed E-state index contributed by atoms with van der Waals surface area (Å²) in [5.41, 5.74) is 0.474. The number of nitro groups is 1. The molecule has 4 nitrogen and oxygen atoms in total. The maximum Gasteiger partial charge on any atom is 0.313 e. The summed E-state index contributed by atoms with van der Waals surface area (Å²) in [6.07, 6.45) is 3.69. The number of hydrogen-bond acceptors (Lipinski definition) is 3. The highest BCUT2D eigenvalue weighted by Gasteiger charge is 2.18. The van der Waals surface area contributed by atoms with Crippen LogP contribution in [-0.4, -0.2) is 10.0 Å². The van der Waals surface area contributed by atoms with Crippen molar-refractivity contribution in [2.24, 2.45) is 0 Å². The van der Waals surface area contributed by atoms with E-state index in [1.54, 1.807) is 12.1 Å². The Labute approximate surface area is 88.7 Å². The van der Waals surface area contributed by atoms with E-state index in [0.29, 0.717) is 12.0 Å². The molecule has 15 heavy (non-hydrogen) atoms. The van der Waals surface area contributed by atoms with Crippen molar-refractivity contribution in [2.75, 3.05) is 0 Å². The lowest BCUT2D eigenvalue weighted by Gasteiger charge is -2.03. The maximum absolute atomic E-state index is 10.7. The Morgan fingerprint density at radius 2 is 2.13 bits per heavy atom. The quantitative estimate of drug-likeness (QED) is 0.460. The monoisotopic (exact) mass is 209 g/mol. The van der Waals surface area contributed by atoms with Gasteiger partial charge in [0.1, 0.15) is 0 Å². The molecule has 0 bridgehead atoms. The van der Waals surface area contributed by atoms with Crippen LogP contribution in [0.25, 0.3) is 0 Å². The summed E-state index contributed by atoms with van der Waals surface area (Å²) in [4.78, 5) is 10.2. The zero-order valence-electron chi connectivity index (χ0n) is 8.77. The second-order valence-corrected chi connectivity index (χ2v) is 3.50. The van der Waals surface area contributed by atoms with Gasteiger partial charge in [-0.1, -0.05) is 31.9 Å². The summed E-state index contributed by atoms with van der Waals surface area (Å²) >= 11 is 0. The average molecular weight is 209 g/mol. The Balaban J connectivity index is 2.86. The van der Waals surface area contributed by atoms with Crippen LogP contribution in [0.5, 0.6) is 5.75 Å². The van der Waals surface area contributed by atoms with Crippen molar-refractivity contribution in [3.63, 3.8) is 0 Å². The Morgan fingerprint density at radius 3 is 2.73 bits per heavy atom. The molecule has 1 aromatic carbocycles. The molecule has 0 spiro atoms. The molecule has 82 valence electrons. The van der Waals surface area contributed by atoms with Gasteiger partial charge in [-0.25, -0.2) is 0 Å². The fourth-order valence-corrected chi connectivity index (χ4v) is 1.56. The molecule has 0 radical (unpaired) electrons. The highest BCUT2D eigenvalue weighted by atomic mass is 16.6. The second kappa shape index (κ2) is 5.34. The van der Waals surface area contributed by atoms with Crippen molar-refractivity contribution in [2.45, 2.75) is 32.6 Å². The van der Waals surface area contributed by atoms with Crippen LogP contribution in [0.1, 0.15) is 31.7 Å². The third kappa shape index (κ3) is 2.94. The third-order valence-electron chi connectivity index (χ3n) is 2.33. The lowest BCUT2D eigenvalue weighted by molar-refractivity contribution is -0.386. The van der Waals surface area contributed by atoms with E-state index in [0.717, 1.165) is 19.3 Å². The fourth-order valence-electron chi connectivity index (χ4n) is 1.56. The van der Waals surface area contributed by atoms with Crippen LogP contribution in [0, 0.1) is 10.1 Å². The number of hydrogen-bond donors (Lipinski definition) is 1. The number of rotatable bonds is 5. The molecule has 0 unspecified atom stereocenters. The molecule has 0 aliphatic carbocycles. The third-order valence-corrected chi connectivity index (χ3v) is 2.33. The Morgan fingerprint density at radius 1 is 1.40 bits per heavy atom. The molecule has 0 heterocycles. The Kier molecular flexibility index (Phi) is 4.09. The lowest BCUT2D eigenvalue weighted by atomic mass is 10.0. The topological polar surface area (TPSA) is 63.4 Å². The van der Waals surface area contributed by atoms with E-state index in [4.69, 9.17) is 0 Å². The van der Waals surface area contributed by atoms with Gasteiger partial charge in [0.05, 0.1) is 4.92 Å². The van der Waals surface area contributed by atoms with E-state index in [2.05, 4.69) is 6.92 Å². The van der Waals surface area contributed by atoms with Crippen molar-refractivity contribution >= 4 is 5.69 Å². The van der Waals surface area contributed by atoms with Gasteiger partial charge in [0.2, 0.25) is 0 Å². The van der Waals surface area contributed by atoms with Crippen LogP contribution < -0.4 is 0 Å². The first-order valence-electron chi connectivity index (χ1n) is 5.12. The van der Waals surface area contributed by atoms with Crippen molar-refractivity contribution in [1.82, 2.24) is 0 Å². The first-order valence-corrected chi connectivity index (χ1v) is 5.12. The van der Waals surface area contributed by atoms with Gasteiger partial charge in [-0.3, -0.25) is 10.1 Å². The minimum atomic E-state index is -0.517. The van der Waals surface area contributed by atoms with Crippen molar-refractivity contribution in [3.8, 4) is 5.75 Å². The van der Waals surface area contributed by atoms with Gasteiger partial charge in [-0.15, -0.1) is 0 Å². The molecule has 0 fully saturated rings.